The van der Waals surface area contributed by atoms with Gasteiger partial charge in [-0.3, -0.25) is 0 Å². The van der Waals surface area contributed by atoms with Crippen molar-refractivity contribution in [2.24, 2.45) is 16.8 Å². The average Bonchev–Trinajstić information content (AvgIpc) is 2.24. The largest absolute Gasteiger partial charge is 0.449 e. The Bertz CT molecular complexity index is 241. The van der Waals surface area contributed by atoms with Crippen molar-refractivity contribution >= 4 is 11.9 Å². The first-order valence-corrected chi connectivity index (χ1v) is 5.39. The highest BCUT2D eigenvalue weighted by Crippen LogP contribution is 2.00. The summed E-state index contributed by atoms with van der Waals surface area (Å²) >= 11 is 0. The molecule has 1 amide bonds. The van der Waals surface area contributed by atoms with Gasteiger partial charge >= 0.3 is 6.09 Å². The van der Waals surface area contributed by atoms with Crippen molar-refractivity contribution in [2.45, 2.75) is 27.2 Å². The number of carbonyl (C=O) groups is 1. The van der Waals surface area contributed by atoms with Crippen LogP contribution in [0.2, 0.25) is 0 Å². The number of hydrogen-bond acceptors (Lipinski definition) is 4. The fourth-order valence-electron chi connectivity index (χ4n) is 1.06. The Morgan fingerprint density at radius 2 is 2.19 bits per heavy atom. The van der Waals surface area contributed by atoms with Crippen molar-refractivity contribution in [1.29, 1.82) is 0 Å². The van der Waals surface area contributed by atoms with E-state index >= 15 is 0 Å². The van der Waals surface area contributed by atoms with Gasteiger partial charge in [-0.2, -0.15) is 0 Å². The van der Waals surface area contributed by atoms with Crippen molar-refractivity contribution in [3.05, 3.63) is 0 Å². The molecular formula is C10H21N3O3. The Balaban J connectivity index is 4.23. The van der Waals surface area contributed by atoms with Crippen LogP contribution in [0.5, 0.6) is 0 Å². The molecule has 0 saturated heterocycles. The SMILES string of the molecule is CCCN(CC(N)=NO)C(=O)OCC(C)C. The fraction of sp³-hybridized carbons (Fsp3) is 0.800. The van der Waals surface area contributed by atoms with Crippen LogP contribution in [0.3, 0.4) is 0 Å². The van der Waals surface area contributed by atoms with E-state index in [2.05, 4.69) is 5.16 Å². The monoisotopic (exact) mass is 231 g/mol. The lowest BCUT2D eigenvalue weighted by Crippen LogP contribution is -2.39. The van der Waals surface area contributed by atoms with Crippen molar-refractivity contribution in [3.63, 3.8) is 0 Å². The first-order valence-electron chi connectivity index (χ1n) is 5.39. The van der Waals surface area contributed by atoms with E-state index in [1.54, 1.807) is 0 Å². The number of amides is 1. The lowest BCUT2D eigenvalue weighted by atomic mass is 10.2. The predicted molar refractivity (Wildman–Crippen MR) is 61.5 cm³/mol. The first kappa shape index (κ1) is 14.5. The summed E-state index contributed by atoms with van der Waals surface area (Å²) in [5.41, 5.74) is 5.35. The van der Waals surface area contributed by atoms with Crippen LogP contribution in [0, 0.1) is 5.92 Å². The molecule has 3 N–H and O–H groups in total. The Kier molecular flexibility index (Phi) is 7.07. The van der Waals surface area contributed by atoms with Gasteiger partial charge in [0.15, 0.2) is 5.84 Å². The van der Waals surface area contributed by atoms with Gasteiger partial charge in [0.05, 0.1) is 13.2 Å². The van der Waals surface area contributed by atoms with E-state index in [9.17, 15) is 4.79 Å². The zero-order chi connectivity index (χ0) is 12.6. The highest BCUT2D eigenvalue weighted by Gasteiger charge is 2.15. The van der Waals surface area contributed by atoms with E-state index in [0.717, 1.165) is 6.42 Å². The van der Waals surface area contributed by atoms with Gasteiger partial charge in [-0.25, -0.2) is 4.79 Å². The quantitative estimate of drug-likeness (QED) is 0.311. The number of nitrogens with two attached hydrogens (primary N) is 1. The van der Waals surface area contributed by atoms with E-state index in [-0.39, 0.29) is 18.3 Å². The third-order valence-electron chi connectivity index (χ3n) is 1.77. The summed E-state index contributed by atoms with van der Waals surface area (Å²) in [6.45, 7) is 6.83. The molecule has 6 nitrogen and oxygen atoms in total. The van der Waals surface area contributed by atoms with Gasteiger partial charge in [-0.1, -0.05) is 25.9 Å². The lowest BCUT2D eigenvalue weighted by molar-refractivity contribution is 0.0965. The number of carbonyl (C=O) groups excluding carboxylic acids is 1. The summed E-state index contributed by atoms with van der Waals surface area (Å²) in [5, 5.41) is 11.3. The number of rotatable bonds is 6. The van der Waals surface area contributed by atoms with Crippen molar-refractivity contribution < 1.29 is 14.7 Å². The molecule has 0 radical (unpaired) electrons. The number of ether oxygens (including phenoxy) is 1. The van der Waals surface area contributed by atoms with E-state index in [1.807, 2.05) is 20.8 Å². The zero-order valence-electron chi connectivity index (χ0n) is 10.1. The number of amidine groups is 1. The molecule has 94 valence electrons. The van der Waals surface area contributed by atoms with Crippen molar-refractivity contribution in [3.8, 4) is 0 Å². The summed E-state index contributed by atoms with van der Waals surface area (Å²) in [5.74, 6) is 0.284. The van der Waals surface area contributed by atoms with Crippen LogP contribution < -0.4 is 5.73 Å². The lowest BCUT2D eigenvalue weighted by Gasteiger charge is -2.21. The maximum atomic E-state index is 11.6. The summed E-state index contributed by atoms with van der Waals surface area (Å²) < 4.78 is 5.06. The molecule has 0 unspecified atom stereocenters. The topological polar surface area (TPSA) is 88.1 Å². The minimum Gasteiger partial charge on any atom is -0.449 e. The molecule has 0 aliphatic heterocycles. The van der Waals surface area contributed by atoms with Gasteiger partial charge in [0.1, 0.15) is 0 Å². The molecule has 0 aromatic rings. The molecule has 0 atom stereocenters. The van der Waals surface area contributed by atoms with Crippen LogP contribution in [0.15, 0.2) is 5.16 Å². The third-order valence-corrected chi connectivity index (χ3v) is 1.77. The Morgan fingerprint density at radius 1 is 1.56 bits per heavy atom. The molecule has 0 heterocycles. The second-order valence-corrected chi connectivity index (χ2v) is 3.98. The molecule has 6 heteroatoms. The Labute approximate surface area is 96.0 Å². The van der Waals surface area contributed by atoms with Crippen LogP contribution >= 0.6 is 0 Å². The maximum absolute atomic E-state index is 11.6. The summed E-state index contributed by atoms with van der Waals surface area (Å²) in [4.78, 5) is 13.0. The van der Waals surface area contributed by atoms with Crippen molar-refractivity contribution in [1.82, 2.24) is 4.90 Å². The molecule has 0 aliphatic carbocycles. The Morgan fingerprint density at radius 3 is 2.62 bits per heavy atom. The smallest absolute Gasteiger partial charge is 0.410 e. The number of hydrogen-bond donors (Lipinski definition) is 2. The number of oxime groups is 1. The highest BCUT2D eigenvalue weighted by atomic mass is 16.6. The van der Waals surface area contributed by atoms with E-state index in [0.29, 0.717) is 13.2 Å². The van der Waals surface area contributed by atoms with Gasteiger partial charge in [0.2, 0.25) is 0 Å². The van der Waals surface area contributed by atoms with Gasteiger partial charge in [0.25, 0.3) is 0 Å². The highest BCUT2D eigenvalue weighted by molar-refractivity contribution is 5.84. The molecule has 0 spiro atoms. The minimum absolute atomic E-state index is 0.00468. The van der Waals surface area contributed by atoms with Gasteiger partial charge < -0.3 is 20.6 Å². The summed E-state index contributed by atoms with van der Waals surface area (Å²) in [6, 6.07) is 0. The van der Waals surface area contributed by atoms with Crippen molar-refractivity contribution in [2.75, 3.05) is 19.7 Å². The zero-order valence-corrected chi connectivity index (χ0v) is 10.1. The molecular weight excluding hydrogens is 210 g/mol. The molecule has 0 fully saturated rings. The average molecular weight is 231 g/mol. The van der Waals surface area contributed by atoms with Gasteiger partial charge in [-0.15, -0.1) is 0 Å². The Hall–Kier alpha value is -1.46. The van der Waals surface area contributed by atoms with Crippen LogP contribution in [0.1, 0.15) is 27.2 Å². The van der Waals surface area contributed by atoms with Crippen LogP contribution in [-0.2, 0) is 4.74 Å². The normalized spacial score (nSPS) is 11.6. The molecule has 16 heavy (non-hydrogen) atoms. The van der Waals surface area contributed by atoms with Crippen LogP contribution in [0.25, 0.3) is 0 Å². The second kappa shape index (κ2) is 7.78. The predicted octanol–water partition coefficient (Wildman–Crippen LogP) is 1.24. The van der Waals surface area contributed by atoms with E-state index in [4.69, 9.17) is 15.7 Å². The number of nitrogens with zero attached hydrogens (tertiary/aromatic N) is 2. The molecule has 0 aliphatic rings. The molecule has 0 rings (SSSR count). The summed E-state index contributed by atoms with van der Waals surface area (Å²) in [6.07, 6.45) is 0.359. The molecule has 0 saturated carbocycles. The molecule has 0 aromatic heterocycles. The van der Waals surface area contributed by atoms with Gasteiger partial charge in [0, 0.05) is 6.54 Å². The maximum Gasteiger partial charge on any atom is 0.410 e. The molecule has 0 bridgehead atoms. The van der Waals surface area contributed by atoms with Gasteiger partial charge in [-0.05, 0) is 12.3 Å². The summed E-state index contributed by atoms with van der Waals surface area (Å²) in [7, 11) is 0. The van der Waals surface area contributed by atoms with E-state index < -0.39 is 6.09 Å². The van der Waals surface area contributed by atoms with E-state index in [1.165, 1.54) is 4.90 Å². The van der Waals surface area contributed by atoms with Crippen LogP contribution in [0.4, 0.5) is 4.79 Å². The van der Waals surface area contributed by atoms with Crippen LogP contribution in [-0.4, -0.2) is 41.7 Å². The molecule has 0 aromatic carbocycles. The minimum atomic E-state index is -0.429. The standard InChI is InChI=1S/C10H21N3O3/c1-4-5-13(6-9(11)12-15)10(14)16-7-8(2)3/h8,15H,4-7H2,1-3H3,(H2,11,12). The first-order chi connectivity index (χ1) is 7.51. The third kappa shape index (κ3) is 6.10. The second-order valence-electron chi connectivity index (χ2n) is 3.98. The fourth-order valence-corrected chi connectivity index (χ4v) is 1.06.